The fraction of sp³-hybridized carbons (Fsp3) is 0.364. The lowest BCUT2D eigenvalue weighted by Crippen LogP contribution is -2.39. The summed E-state index contributed by atoms with van der Waals surface area (Å²) in [6.07, 6.45) is 0. The van der Waals surface area contributed by atoms with Crippen LogP contribution in [0.2, 0.25) is 5.02 Å². The van der Waals surface area contributed by atoms with Gasteiger partial charge in [0.05, 0.1) is 16.8 Å². The van der Waals surface area contributed by atoms with Crippen LogP contribution in [0, 0.1) is 11.7 Å². The molecular weight excluding hydrogens is 231 g/mol. The third-order valence-corrected chi connectivity index (χ3v) is 2.54. The van der Waals surface area contributed by atoms with E-state index < -0.39 is 11.9 Å². The van der Waals surface area contributed by atoms with Crippen molar-refractivity contribution in [3.05, 3.63) is 29.0 Å². The Morgan fingerprint density at radius 2 is 2.12 bits per heavy atom. The molecule has 3 N–H and O–H groups in total. The number of carbonyl (C=O) groups excluding carboxylic acids is 1. The molecule has 16 heavy (non-hydrogen) atoms. The summed E-state index contributed by atoms with van der Waals surface area (Å²) in [5.74, 6) is -0.826. The van der Waals surface area contributed by atoms with Crippen LogP contribution in [0.25, 0.3) is 0 Å². The lowest BCUT2D eigenvalue weighted by Gasteiger charge is -2.15. The van der Waals surface area contributed by atoms with Crippen molar-refractivity contribution in [1.82, 2.24) is 0 Å². The summed E-state index contributed by atoms with van der Waals surface area (Å²) in [6.45, 7) is 3.66. The Balaban J connectivity index is 2.80. The maximum Gasteiger partial charge on any atom is 0.241 e. The molecule has 0 aliphatic rings. The van der Waals surface area contributed by atoms with Crippen molar-refractivity contribution in [2.75, 3.05) is 5.32 Å². The highest BCUT2D eigenvalue weighted by atomic mass is 35.5. The van der Waals surface area contributed by atoms with E-state index >= 15 is 0 Å². The van der Waals surface area contributed by atoms with Crippen molar-refractivity contribution in [3.63, 3.8) is 0 Å². The van der Waals surface area contributed by atoms with Crippen LogP contribution in [0.5, 0.6) is 0 Å². The van der Waals surface area contributed by atoms with E-state index in [0.717, 1.165) is 6.07 Å². The van der Waals surface area contributed by atoms with Crippen molar-refractivity contribution < 1.29 is 9.18 Å². The molecule has 88 valence electrons. The van der Waals surface area contributed by atoms with Gasteiger partial charge in [0, 0.05) is 0 Å². The van der Waals surface area contributed by atoms with Gasteiger partial charge < -0.3 is 11.1 Å². The molecule has 3 nitrogen and oxygen atoms in total. The first-order chi connectivity index (χ1) is 7.41. The Morgan fingerprint density at radius 3 is 2.69 bits per heavy atom. The Labute approximate surface area is 98.8 Å². The molecule has 1 aromatic rings. The summed E-state index contributed by atoms with van der Waals surface area (Å²) in [5, 5.41) is 2.78. The number of hydrogen-bond acceptors (Lipinski definition) is 2. The number of rotatable bonds is 3. The minimum atomic E-state index is -0.640. The number of nitrogens with one attached hydrogen (secondary N) is 1. The van der Waals surface area contributed by atoms with Gasteiger partial charge in [-0.1, -0.05) is 25.4 Å². The molecule has 1 aromatic carbocycles. The molecule has 0 saturated carbocycles. The predicted octanol–water partition coefficient (Wildman–Crippen LogP) is 2.40. The number of halogens is 2. The summed E-state index contributed by atoms with van der Waals surface area (Å²) < 4.78 is 12.9. The average molecular weight is 245 g/mol. The molecule has 1 atom stereocenters. The summed E-state index contributed by atoms with van der Waals surface area (Å²) in [7, 11) is 0. The Bertz CT molecular complexity index is 396. The lowest BCUT2D eigenvalue weighted by atomic mass is 10.0. The van der Waals surface area contributed by atoms with Crippen molar-refractivity contribution in [2.45, 2.75) is 19.9 Å². The van der Waals surface area contributed by atoms with E-state index in [0.29, 0.717) is 0 Å². The highest BCUT2D eigenvalue weighted by Gasteiger charge is 2.18. The zero-order valence-corrected chi connectivity index (χ0v) is 9.88. The first-order valence-corrected chi connectivity index (χ1v) is 5.31. The Morgan fingerprint density at radius 1 is 1.50 bits per heavy atom. The van der Waals surface area contributed by atoms with Gasteiger partial charge >= 0.3 is 0 Å². The second-order valence-electron chi connectivity index (χ2n) is 3.88. The van der Waals surface area contributed by atoms with Gasteiger partial charge in [-0.15, -0.1) is 0 Å². The van der Waals surface area contributed by atoms with Crippen molar-refractivity contribution in [2.24, 2.45) is 11.7 Å². The van der Waals surface area contributed by atoms with Crippen molar-refractivity contribution >= 4 is 23.2 Å². The zero-order valence-electron chi connectivity index (χ0n) is 9.13. The highest BCUT2D eigenvalue weighted by molar-refractivity contribution is 6.33. The maximum atomic E-state index is 12.9. The van der Waals surface area contributed by atoms with Gasteiger partial charge in [0.1, 0.15) is 5.82 Å². The molecule has 5 heteroatoms. The monoisotopic (exact) mass is 244 g/mol. The van der Waals surface area contributed by atoms with E-state index in [9.17, 15) is 9.18 Å². The van der Waals surface area contributed by atoms with E-state index in [1.807, 2.05) is 13.8 Å². The fourth-order valence-electron chi connectivity index (χ4n) is 1.11. The topological polar surface area (TPSA) is 55.1 Å². The Kier molecular flexibility index (Phi) is 4.26. The highest BCUT2D eigenvalue weighted by Crippen LogP contribution is 2.22. The summed E-state index contributed by atoms with van der Waals surface area (Å²) >= 11 is 5.80. The van der Waals surface area contributed by atoms with Gasteiger partial charge in [0.25, 0.3) is 0 Å². The van der Waals surface area contributed by atoms with Gasteiger partial charge in [-0.05, 0) is 24.1 Å². The first-order valence-electron chi connectivity index (χ1n) is 4.93. The van der Waals surface area contributed by atoms with Crippen LogP contribution < -0.4 is 11.1 Å². The van der Waals surface area contributed by atoms with E-state index in [4.69, 9.17) is 17.3 Å². The zero-order chi connectivity index (χ0) is 12.3. The molecule has 0 fully saturated rings. The smallest absolute Gasteiger partial charge is 0.241 e. The number of nitrogens with two attached hydrogens (primary N) is 1. The van der Waals surface area contributed by atoms with Gasteiger partial charge in [-0.25, -0.2) is 4.39 Å². The minimum absolute atomic E-state index is 0.00679. The fourth-order valence-corrected chi connectivity index (χ4v) is 1.28. The second kappa shape index (κ2) is 5.27. The molecule has 0 spiro atoms. The van der Waals surface area contributed by atoms with E-state index in [1.54, 1.807) is 0 Å². The Hall–Kier alpha value is -1.13. The molecule has 0 bridgehead atoms. The minimum Gasteiger partial charge on any atom is -0.323 e. The normalized spacial score (nSPS) is 12.6. The molecule has 0 saturated heterocycles. The van der Waals surface area contributed by atoms with Gasteiger partial charge in [0.2, 0.25) is 5.91 Å². The first kappa shape index (κ1) is 12.9. The van der Waals surface area contributed by atoms with Crippen LogP contribution in [0.3, 0.4) is 0 Å². The number of amides is 1. The van der Waals surface area contributed by atoms with E-state index in [1.165, 1.54) is 12.1 Å². The standard InChI is InChI=1S/C11H14ClFN2O/c1-6(2)10(14)11(16)15-9-5-7(13)3-4-8(9)12/h3-6,10H,14H2,1-2H3,(H,15,16)/t10-/m1/s1. The van der Waals surface area contributed by atoms with Crippen molar-refractivity contribution in [1.29, 1.82) is 0 Å². The van der Waals surface area contributed by atoms with Crippen LogP contribution in [0.4, 0.5) is 10.1 Å². The van der Waals surface area contributed by atoms with Crippen molar-refractivity contribution in [3.8, 4) is 0 Å². The van der Waals surface area contributed by atoms with Gasteiger partial charge in [0.15, 0.2) is 0 Å². The SMILES string of the molecule is CC(C)[C@@H](N)C(=O)Nc1cc(F)ccc1Cl. The predicted molar refractivity (Wildman–Crippen MR) is 62.9 cm³/mol. The molecule has 0 aliphatic carbocycles. The molecule has 0 unspecified atom stereocenters. The molecule has 1 rings (SSSR count). The summed E-state index contributed by atoms with van der Waals surface area (Å²) in [5.41, 5.74) is 5.89. The molecule has 1 amide bonds. The number of anilines is 1. The summed E-state index contributed by atoms with van der Waals surface area (Å²) in [4.78, 5) is 11.6. The lowest BCUT2D eigenvalue weighted by molar-refractivity contribution is -0.118. The van der Waals surface area contributed by atoms with Crippen LogP contribution in [-0.4, -0.2) is 11.9 Å². The average Bonchev–Trinajstić information content (AvgIpc) is 2.22. The number of benzene rings is 1. The number of carbonyl (C=O) groups is 1. The maximum absolute atomic E-state index is 12.9. The van der Waals surface area contributed by atoms with Crippen LogP contribution >= 0.6 is 11.6 Å². The second-order valence-corrected chi connectivity index (χ2v) is 4.29. The third-order valence-electron chi connectivity index (χ3n) is 2.21. The molecule has 0 heterocycles. The van der Waals surface area contributed by atoms with Gasteiger partial charge in [-0.2, -0.15) is 0 Å². The van der Waals surface area contributed by atoms with E-state index in [2.05, 4.69) is 5.32 Å². The molecule has 0 aromatic heterocycles. The summed E-state index contributed by atoms with van der Waals surface area (Å²) in [6, 6.07) is 3.13. The molecule has 0 radical (unpaired) electrons. The van der Waals surface area contributed by atoms with Crippen LogP contribution in [0.15, 0.2) is 18.2 Å². The van der Waals surface area contributed by atoms with Crippen LogP contribution in [-0.2, 0) is 4.79 Å². The van der Waals surface area contributed by atoms with E-state index in [-0.39, 0.29) is 22.5 Å². The quantitative estimate of drug-likeness (QED) is 0.858. The molecule has 0 aliphatic heterocycles. The van der Waals surface area contributed by atoms with Gasteiger partial charge in [-0.3, -0.25) is 4.79 Å². The molecular formula is C11H14ClFN2O. The largest absolute Gasteiger partial charge is 0.323 e. The third kappa shape index (κ3) is 3.18. The van der Waals surface area contributed by atoms with Crippen LogP contribution in [0.1, 0.15) is 13.8 Å². The number of hydrogen-bond donors (Lipinski definition) is 2.